The zero-order chi connectivity index (χ0) is 13.1. The number of hydrogen-bond acceptors (Lipinski definition) is 2. The molecule has 4 nitrogen and oxygen atoms in total. The Morgan fingerprint density at radius 3 is 2.18 bits per heavy atom. The topological polar surface area (TPSA) is 66.4 Å². The minimum absolute atomic E-state index is 0.201. The monoisotopic (exact) mass is 235 g/mol. The molecule has 0 saturated heterocycles. The van der Waals surface area contributed by atoms with Gasteiger partial charge in [0.1, 0.15) is 5.54 Å². The lowest BCUT2D eigenvalue weighted by atomic mass is 9.88. The van der Waals surface area contributed by atoms with Crippen LogP contribution in [0.1, 0.15) is 31.1 Å². The van der Waals surface area contributed by atoms with E-state index in [1.165, 1.54) is 6.92 Å². The average Bonchev–Trinajstić information content (AvgIpc) is 2.29. The first-order valence-electron chi connectivity index (χ1n) is 5.49. The van der Waals surface area contributed by atoms with Gasteiger partial charge in [0.2, 0.25) is 0 Å². The highest BCUT2D eigenvalue weighted by atomic mass is 16.4. The summed E-state index contributed by atoms with van der Waals surface area (Å²) in [6.07, 6.45) is 0. The number of aliphatic carboxylic acids is 1. The fraction of sp³-hybridized carbons (Fsp3) is 0.385. The van der Waals surface area contributed by atoms with E-state index in [1.807, 2.05) is 0 Å². The molecule has 0 heterocycles. The molecule has 0 aromatic heterocycles. The maximum Gasteiger partial charge on any atom is 0.329 e. The second-order valence-electron chi connectivity index (χ2n) is 4.48. The van der Waals surface area contributed by atoms with Gasteiger partial charge in [0.05, 0.1) is 0 Å². The summed E-state index contributed by atoms with van der Waals surface area (Å²) in [5.74, 6) is -1.60. The zero-order valence-electron chi connectivity index (χ0n) is 10.2. The van der Waals surface area contributed by atoms with Crippen LogP contribution in [0.5, 0.6) is 0 Å². The molecule has 0 radical (unpaired) electrons. The maximum absolute atomic E-state index is 11.9. The van der Waals surface area contributed by atoms with Gasteiger partial charge in [-0.25, -0.2) is 4.79 Å². The van der Waals surface area contributed by atoms with Crippen LogP contribution in [-0.2, 0) is 4.79 Å². The first-order valence-corrected chi connectivity index (χ1v) is 5.49. The molecular weight excluding hydrogens is 218 g/mol. The Balaban J connectivity index is 2.90. The maximum atomic E-state index is 11.9. The molecule has 17 heavy (non-hydrogen) atoms. The van der Waals surface area contributed by atoms with Gasteiger partial charge in [-0.05, 0) is 25.0 Å². The number of carboxylic acids is 1. The third-order valence-electron chi connectivity index (χ3n) is 3.01. The molecule has 1 aromatic carbocycles. The van der Waals surface area contributed by atoms with Gasteiger partial charge < -0.3 is 10.4 Å². The molecule has 0 spiro atoms. The van der Waals surface area contributed by atoms with Crippen molar-refractivity contribution >= 4 is 11.9 Å². The third-order valence-corrected chi connectivity index (χ3v) is 3.01. The highest BCUT2D eigenvalue weighted by Crippen LogP contribution is 2.17. The van der Waals surface area contributed by atoms with Crippen molar-refractivity contribution in [2.24, 2.45) is 5.92 Å². The minimum Gasteiger partial charge on any atom is -0.480 e. The number of nitrogens with one attached hydrogen (secondary N) is 1. The molecule has 0 aliphatic rings. The lowest BCUT2D eigenvalue weighted by Gasteiger charge is -2.30. The first kappa shape index (κ1) is 13.2. The largest absolute Gasteiger partial charge is 0.480 e. The van der Waals surface area contributed by atoms with Crippen molar-refractivity contribution in [2.45, 2.75) is 26.3 Å². The highest BCUT2D eigenvalue weighted by molar-refractivity contribution is 5.97. The van der Waals surface area contributed by atoms with Gasteiger partial charge in [0.15, 0.2) is 0 Å². The standard InChI is InChI=1S/C13H17NO3/c1-9(2)13(3,12(16)17)14-11(15)10-7-5-4-6-8-10/h4-9H,1-3H3,(H,14,15)(H,16,17)/t13-/m1/s1. The fourth-order valence-corrected chi connectivity index (χ4v) is 1.34. The molecule has 1 atom stereocenters. The van der Waals surface area contributed by atoms with Crippen LogP contribution in [0.15, 0.2) is 30.3 Å². The summed E-state index contributed by atoms with van der Waals surface area (Å²) in [7, 11) is 0. The van der Waals surface area contributed by atoms with Gasteiger partial charge in [-0.15, -0.1) is 0 Å². The van der Waals surface area contributed by atoms with Crippen LogP contribution in [0, 0.1) is 5.92 Å². The van der Waals surface area contributed by atoms with Gasteiger partial charge >= 0.3 is 5.97 Å². The van der Waals surface area contributed by atoms with Gasteiger partial charge in [-0.3, -0.25) is 4.79 Å². The van der Waals surface area contributed by atoms with Crippen molar-refractivity contribution in [1.82, 2.24) is 5.32 Å². The summed E-state index contributed by atoms with van der Waals surface area (Å²) in [6, 6.07) is 8.58. The van der Waals surface area contributed by atoms with Crippen molar-refractivity contribution in [3.8, 4) is 0 Å². The lowest BCUT2D eigenvalue weighted by Crippen LogP contribution is -2.55. The normalized spacial score (nSPS) is 14.1. The summed E-state index contributed by atoms with van der Waals surface area (Å²) in [4.78, 5) is 23.1. The predicted molar refractivity (Wildman–Crippen MR) is 64.8 cm³/mol. The van der Waals surface area contributed by atoms with Crippen molar-refractivity contribution < 1.29 is 14.7 Å². The molecule has 0 unspecified atom stereocenters. The van der Waals surface area contributed by atoms with Crippen molar-refractivity contribution in [3.63, 3.8) is 0 Å². The number of amides is 1. The van der Waals surface area contributed by atoms with Crippen LogP contribution >= 0.6 is 0 Å². The molecule has 0 aliphatic heterocycles. The second kappa shape index (κ2) is 4.99. The Labute approximate surface area is 101 Å². The molecule has 0 saturated carbocycles. The van der Waals surface area contributed by atoms with Crippen LogP contribution < -0.4 is 5.32 Å². The Bertz CT molecular complexity index is 414. The molecule has 0 bridgehead atoms. The zero-order valence-corrected chi connectivity index (χ0v) is 10.2. The van der Waals surface area contributed by atoms with E-state index in [0.29, 0.717) is 5.56 Å². The van der Waals surface area contributed by atoms with E-state index in [1.54, 1.807) is 44.2 Å². The van der Waals surface area contributed by atoms with E-state index < -0.39 is 11.5 Å². The van der Waals surface area contributed by atoms with E-state index in [-0.39, 0.29) is 11.8 Å². The number of rotatable bonds is 4. The Morgan fingerprint density at radius 1 is 1.24 bits per heavy atom. The molecule has 0 fully saturated rings. The highest BCUT2D eigenvalue weighted by Gasteiger charge is 2.38. The van der Waals surface area contributed by atoms with Crippen molar-refractivity contribution in [2.75, 3.05) is 0 Å². The van der Waals surface area contributed by atoms with Crippen LogP contribution in [0.3, 0.4) is 0 Å². The van der Waals surface area contributed by atoms with Gasteiger partial charge in [0.25, 0.3) is 5.91 Å². The van der Waals surface area contributed by atoms with Gasteiger partial charge in [-0.1, -0.05) is 32.0 Å². The SMILES string of the molecule is CC(C)[C@@](C)(NC(=O)c1ccccc1)C(=O)O. The Hall–Kier alpha value is -1.84. The number of carbonyl (C=O) groups excluding carboxylic acids is 1. The van der Waals surface area contributed by atoms with E-state index in [9.17, 15) is 14.7 Å². The first-order chi connectivity index (χ1) is 7.88. The smallest absolute Gasteiger partial charge is 0.329 e. The summed E-state index contributed by atoms with van der Waals surface area (Å²) in [5.41, 5.74) is -0.798. The van der Waals surface area contributed by atoms with Gasteiger partial charge in [-0.2, -0.15) is 0 Å². The molecule has 0 aliphatic carbocycles. The van der Waals surface area contributed by atoms with E-state index in [4.69, 9.17) is 0 Å². The summed E-state index contributed by atoms with van der Waals surface area (Å²) in [6.45, 7) is 5.04. The summed E-state index contributed by atoms with van der Waals surface area (Å²) < 4.78 is 0. The fourth-order valence-electron chi connectivity index (χ4n) is 1.34. The van der Waals surface area contributed by atoms with Gasteiger partial charge in [0, 0.05) is 5.56 Å². The van der Waals surface area contributed by atoms with Crippen molar-refractivity contribution in [3.05, 3.63) is 35.9 Å². The second-order valence-corrected chi connectivity index (χ2v) is 4.48. The predicted octanol–water partition coefficient (Wildman–Crippen LogP) is 1.92. The summed E-state index contributed by atoms with van der Waals surface area (Å²) in [5, 5.41) is 11.8. The molecule has 4 heteroatoms. The minimum atomic E-state index is -1.26. The quantitative estimate of drug-likeness (QED) is 0.837. The molecule has 2 N–H and O–H groups in total. The van der Waals surface area contributed by atoms with Crippen LogP contribution in [0.25, 0.3) is 0 Å². The molecule has 1 amide bonds. The Morgan fingerprint density at radius 2 is 1.76 bits per heavy atom. The van der Waals surface area contributed by atoms with Crippen LogP contribution in [0.2, 0.25) is 0 Å². The van der Waals surface area contributed by atoms with Crippen LogP contribution in [-0.4, -0.2) is 22.5 Å². The van der Waals surface area contributed by atoms with Crippen molar-refractivity contribution in [1.29, 1.82) is 0 Å². The lowest BCUT2D eigenvalue weighted by molar-refractivity contribution is -0.145. The molecule has 1 rings (SSSR count). The average molecular weight is 235 g/mol. The molecule has 92 valence electrons. The molecular formula is C13H17NO3. The van der Waals surface area contributed by atoms with E-state index in [0.717, 1.165) is 0 Å². The number of hydrogen-bond donors (Lipinski definition) is 2. The van der Waals surface area contributed by atoms with E-state index in [2.05, 4.69) is 5.32 Å². The summed E-state index contributed by atoms with van der Waals surface area (Å²) >= 11 is 0. The Kier molecular flexibility index (Phi) is 3.89. The number of carbonyl (C=O) groups is 2. The third kappa shape index (κ3) is 2.84. The van der Waals surface area contributed by atoms with E-state index >= 15 is 0 Å². The number of benzene rings is 1. The van der Waals surface area contributed by atoms with Crippen LogP contribution in [0.4, 0.5) is 0 Å². The number of carboxylic acid groups (broad SMARTS) is 1. The molecule has 1 aromatic rings.